The zero-order valence-electron chi connectivity index (χ0n) is 35.6. The normalized spacial score (nSPS) is 43.8. The summed E-state index contributed by atoms with van der Waals surface area (Å²) in [5.41, 5.74) is 1.67. The molecule has 2 saturated heterocycles. The molecule has 3 saturated carbocycles. The van der Waals surface area contributed by atoms with Crippen LogP contribution in [0.2, 0.25) is 0 Å². The number of benzene rings is 4. The molecule has 9 aliphatic carbocycles. The van der Waals surface area contributed by atoms with Crippen molar-refractivity contribution in [2.45, 2.75) is 82.8 Å². The fourth-order valence-corrected chi connectivity index (χ4v) is 19.3. The Morgan fingerprint density at radius 3 is 1.27 bits per heavy atom. The summed E-state index contributed by atoms with van der Waals surface area (Å²) in [6, 6.07) is 14.8. The van der Waals surface area contributed by atoms with E-state index in [1.54, 1.807) is 52.7 Å². The molecule has 12 heteroatoms. The highest BCUT2D eigenvalue weighted by Gasteiger charge is 2.98. The van der Waals surface area contributed by atoms with Gasteiger partial charge in [0.25, 0.3) is 0 Å². The van der Waals surface area contributed by atoms with Crippen molar-refractivity contribution in [3.8, 4) is 46.0 Å². The van der Waals surface area contributed by atoms with Crippen LogP contribution in [0, 0.1) is 23.7 Å². The number of phenols is 4. The Morgan fingerprint density at radius 1 is 0.516 bits per heavy atom. The topological polar surface area (TPSA) is 143 Å². The average molecular weight is 839 g/mol. The number of hydrogen-bond donors (Lipinski definition) is 4. The lowest BCUT2D eigenvalue weighted by Gasteiger charge is -2.89. The number of hydrogen-bond acceptors (Lipinski definition) is 12. The summed E-state index contributed by atoms with van der Waals surface area (Å²) in [5.74, 6) is 2.04. The van der Waals surface area contributed by atoms with Gasteiger partial charge in [-0.05, 0) is 112 Å². The Morgan fingerprint density at radius 2 is 0.903 bits per heavy atom. The van der Waals surface area contributed by atoms with E-state index in [4.69, 9.17) is 28.4 Å². The first kappa shape index (κ1) is 35.6. The molecule has 17 rings (SSSR count). The van der Waals surface area contributed by atoms with E-state index in [9.17, 15) is 20.4 Å². The molecule has 0 aromatic heterocycles. The Hall–Kier alpha value is -4.88. The van der Waals surface area contributed by atoms with Gasteiger partial charge in [-0.2, -0.15) is 0 Å². The number of nitrogens with zero attached hydrogens (tertiary/aromatic N) is 2. The van der Waals surface area contributed by atoms with E-state index in [1.165, 1.54) is 11.1 Å². The van der Waals surface area contributed by atoms with Crippen LogP contribution < -0.4 is 18.9 Å². The molecule has 4 aromatic rings. The fourth-order valence-electron chi connectivity index (χ4n) is 19.3. The number of aromatic hydroxyl groups is 4. The lowest BCUT2D eigenvalue weighted by molar-refractivity contribution is -0.402. The van der Waals surface area contributed by atoms with Crippen LogP contribution in [-0.4, -0.2) is 110 Å². The minimum Gasteiger partial charge on any atom is -0.508 e. The predicted octanol–water partition coefficient (Wildman–Crippen LogP) is 4.84. The van der Waals surface area contributed by atoms with Gasteiger partial charge in [-0.25, -0.2) is 0 Å². The predicted molar refractivity (Wildman–Crippen MR) is 222 cm³/mol. The van der Waals surface area contributed by atoms with Crippen LogP contribution in [0.5, 0.6) is 46.0 Å². The molecule has 4 aliphatic heterocycles. The number of methoxy groups -OCH3 is 4. The third-order valence-electron chi connectivity index (χ3n) is 20.2. The first-order valence-corrected chi connectivity index (χ1v) is 22.4. The Balaban J connectivity index is 1.16. The Labute approximate surface area is 358 Å². The maximum atomic E-state index is 12.8. The number of phenolic OH excluding ortho intramolecular Hbond substituents is 4. The van der Waals surface area contributed by atoms with E-state index in [-0.39, 0.29) is 58.8 Å². The van der Waals surface area contributed by atoms with E-state index >= 15 is 0 Å². The summed E-state index contributed by atoms with van der Waals surface area (Å²) in [4.78, 5) is 5.01. The van der Waals surface area contributed by atoms with Gasteiger partial charge in [-0.15, -0.1) is 0 Å². The van der Waals surface area contributed by atoms with Crippen molar-refractivity contribution in [2.75, 3.05) is 55.6 Å². The first-order valence-electron chi connectivity index (χ1n) is 22.4. The molecular weight excluding hydrogens is 789 g/mol. The summed E-state index contributed by atoms with van der Waals surface area (Å²) >= 11 is 0. The van der Waals surface area contributed by atoms with Crippen molar-refractivity contribution in [3.05, 3.63) is 93.0 Å². The Kier molecular flexibility index (Phi) is 5.87. The molecule has 0 radical (unpaired) electrons. The van der Waals surface area contributed by atoms with Crippen LogP contribution in [0.1, 0.15) is 57.3 Å². The van der Waals surface area contributed by atoms with Crippen LogP contribution in [0.15, 0.2) is 48.5 Å². The number of piperidine rings is 2. The summed E-state index contributed by atoms with van der Waals surface area (Å²) in [5, 5.41) is 50.7. The largest absolute Gasteiger partial charge is 0.508 e. The van der Waals surface area contributed by atoms with Crippen molar-refractivity contribution in [1.82, 2.24) is 9.80 Å². The summed E-state index contributed by atoms with van der Waals surface area (Å²) < 4.78 is 42.0. The zero-order valence-corrected chi connectivity index (χ0v) is 35.6. The van der Waals surface area contributed by atoms with E-state index in [0.717, 1.165) is 59.7 Å². The zero-order chi connectivity index (χ0) is 42.2. The van der Waals surface area contributed by atoms with Gasteiger partial charge in [0.05, 0.1) is 25.0 Å². The highest BCUT2D eigenvalue weighted by molar-refractivity contribution is 5.79. The van der Waals surface area contributed by atoms with E-state index < -0.39 is 45.1 Å². The molecule has 62 heavy (non-hydrogen) atoms. The molecule has 320 valence electrons. The molecule has 8 bridgehead atoms. The van der Waals surface area contributed by atoms with Crippen molar-refractivity contribution in [1.29, 1.82) is 0 Å². The molecule has 5 fully saturated rings. The second kappa shape index (κ2) is 10.2. The second-order valence-electron chi connectivity index (χ2n) is 20.6. The van der Waals surface area contributed by atoms with Crippen LogP contribution >= 0.6 is 0 Å². The second-order valence-corrected chi connectivity index (χ2v) is 20.6. The molecule has 4 heterocycles. The SMILES string of the molecule is COc1ccc2c3c1O[C@@H]1[C@]34CCN(C)[C@@H](C2)[C@@]42c3c(O)ccc(O)c3[C@]1(OC)C1C2C2C1[C@@]1(OC)c3c(O)ccc(O)c3[C@@]23[C@H]2Cc4ccc(OC)c5c4[C@@]3(CCN2C)[C@H]1O5. The van der Waals surface area contributed by atoms with Gasteiger partial charge in [0, 0.05) is 82.3 Å². The summed E-state index contributed by atoms with van der Waals surface area (Å²) in [6.45, 7) is 1.60. The van der Waals surface area contributed by atoms with Crippen molar-refractivity contribution >= 4 is 0 Å². The molecular formula is C50H50N2O10. The van der Waals surface area contributed by atoms with Gasteiger partial charge in [0.15, 0.2) is 23.0 Å². The molecule has 4 aromatic carbocycles. The number of likely N-dealkylation sites (N-methyl/N-ethyl adjacent to an activating group) is 2. The summed E-state index contributed by atoms with van der Waals surface area (Å²) in [7, 11) is 11.3. The lowest BCUT2D eigenvalue weighted by Crippen LogP contribution is -2.96. The van der Waals surface area contributed by atoms with Gasteiger partial charge >= 0.3 is 0 Å². The molecule has 4 N–H and O–H groups in total. The van der Waals surface area contributed by atoms with Crippen molar-refractivity contribution in [3.63, 3.8) is 0 Å². The minimum absolute atomic E-state index is 0.0601. The minimum atomic E-state index is -1.33. The lowest BCUT2D eigenvalue weighted by atomic mass is 9.16. The van der Waals surface area contributed by atoms with Crippen LogP contribution in [0.3, 0.4) is 0 Å². The van der Waals surface area contributed by atoms with Gasteiger partial charge in [-0.3, -0.25) is 0 Å². The highest BCUT2D eigenvalue weighted by atomic mass is 16.6. The molecule has 14 atom stereocenters. The average Bonchev–Trinajstić information content (AvgIpc) is 3.82. The fraction of sp³-hybridized carbons (Fsp3) is 0.520. The molecule has 4 spiro atoms. The van der Waals surface area contributed by atoms with Crippen molar-refractivity contribution in [2.24, 2.45) is 23.7 Å². The number of ether oxygens (including phenoxy) is 6. The van der Waals surface area contributed by atoms with Crippen LogP contribution in [0.25, 0.3) is 0 Å². The molecule has 13 aliphatic rings. The first-order chi connectivity index (χ1) is 30.0. The molecule has 12 nitrogen and oxygen atoms in total. The van der Waals surface area contributed by atoms with Gasteiger partial charge in [0.1, 0.15) is 46.4 Å². The van der Waals surface area contributed by atoms with Crippen LogP contribution in [-0.2, 0) is 55.2 Å². The van der Waals surface area contributed by atoms with Crippen LogP contribution in [0.4, 0.5) is 0 Å². The Bertz CT molecular complexity index is 2640. The summed E-state index contributed by atoms with van der Waals surface area (Å²) in [6.07, 6.45) is 1.62. The van der Waals surface area contributed by atoms with Gasteiger partial charge < -0.3 is 58.6 Å². The quantitative estimate of drug-likeness (QED) is 0.209. The van der Waals surface area contributed by atoms with Crippen molar-refractivity contribution < 1.29 is 48.8 Å². The highest BCUT2D eigenvalue weighted by Crippen LogP contribution is 2.93. The standard InChI is InChI=1S/C50H50N2O10/c1-51-17-15-45-31-21-7-13-27(57-3)41(31)61-43(45)49(59-5)35-25(55)11-9-23(53)33(35)47(45,29(51)19-21)37-38-40(39(37)49)50(60-6)36-26(56)12-10-24(54)34(36)48(38)30-20-22-8-14-28(58-4)42-32(22)46(48,44(50)62-42)16-18-52(30)2/h7-14,29-30,37-40,43-44,53-56H,15-20H2,1-6H3/t29-,30+,37?,38?,39?,40?,43-,44-,45+,46+,47+,48+,49+,50+/m1/s1. The third-order valence-corrected chi connectivity index (χ3v) is 20.2. The number of rotatable bonds is 4. The molecule has 4 unspecified atom stereocenters. The maximum Gasteiger partial charge on any atom is 0.166 e. The van der Waals surface area contributed by atoms with Gasteiger partial charge in [0.2, 0.25) is 0 Å². The monoisotopic (exact) mass is 838 g/mol. The third kappa shape index (κ3) is 2.82. The molecule has 0 amide bonds. The number of likely N-dealkylation sites (tertiary alicyclic amines) is 2. The smallest absolute Gasteiger partial charge is 0.166 e. The van der Waals surface area contributed by atoms with Gasteiger partial charge in [-0.1, -0.05) is 12.1 Å². The van der Waals surface area contributed by atoms with E-state index in [0.29, 0.717) is 35.5 Å². The maximum absolute atomic E-state index is 12.8. The van der Waals surface area contributed by atoms with E-state index in [1.807, 2.05) is 12.1 Å². The van der Waals surface area contributed by atoms with E-state index in [2.05, 4.69) is 36.0 Å².